The van der Waals surface area contributed by atoms with Crippen molar-refractivity contribution in [2.24, 2.45) is 0 Å². The van der Waals surface area contributed by atoms with Crippen LogP contribution in [0.3, 0.4) is 0 Å². The third-order valence-corrected chi connectivity index (χ3v) is 5.86. The van der Waals surface area contributed by atoms with Gasteiger partial charge in [0.15, 0.2) is 0 Å². The molecule has 0 saturated carbocycles. The van der Waals surface area contributed by atoms with Gasteiger partial charge in [0, 0.05) is 23.3 Å². The summed E-state index contributed by atoms with van der Waals surface area (Å²) in [5.41, 5.74) is 3.29. The molecule has 0 fully saturated rings. The van der Waals surface area contributed by atoms with Crippen molar-refractivity contribution in [1.82, 2.24) is 8.96 Å². The number of fused-ring (bicyclic) bond motifs is 1. The molecule has 0 radical (unpaired) electrons. The molecule has 0 aliphatic rings. The highest BCUT2D eigenvalue weighted by Gasteiger charge is 2.21. The SMILES string of the molecule is Cc1ccnc(-c2cn(S(=O)(=O)c3ccccc3)c3ccccc23)c1. The number of benzene rings is 2. The second kappa shape index (κ2) is 5.86. The largest absolute Gasteiger partial charge is 0.268 e. The number of rotatable bonds is 3. The van der Waals surface area contributed by atoms with Crippen molar-refractivity contribution in [2.75, 3.05) is 0 Å². The Balaban J connectivity index is 2.01. The van der Waals surface area contributed by atoms with Crippen LogP contribution in [0.25, 0.3) is 22.2 Å². The molecule has 4 rings (SSSR count). The van der Waals surface area contributed by atoms with Gasteiger partial charge in [-0.2, -0.15) is 0 Å². The van der Waals surface area contributed by atoms with Gasteiger partial charge in [-0.25, -0.2) is 12.4 Å². The maximum Gasteiger partial charge on any atom is 0.268 e. The highest BCUT2D eigenvalue weighted by atomic mass is 32.2. The topological polar surface area (TPSA) is 52.0 Å². The minimum absolute atomic E-state index is 0.263. The molecule has 0 spiro atoms. The normalized spacial score (nSPS) is 11.7. The van der Waals surface area contributed by atoms with Crippen LogP contribution in [0.1, 0.15) is 5.56 Å². The molecule has 0 N–H and O–H groups in total. The molecular formula is C20H16N2O2S. The van der Waals surface area contributed by atoms with Crippen molar-refractivity contribution < 1.29 is 8.42 Å². The van der Waals surface area contributed by atoms with Crippen molar-refractivity contribution in [1.29, 1.82) is 0 Å². The standard InChI is InChI=1S/C20H16N2O2S/c1-15-11-12-21-19(13-15)18-14-22(20-10-6-5-9-17(18)20)25(23,24)16-7-3-2-4-8-16/h2-14H,1H3. The van der Waals surface area contributed by atoms with Gasteiger partial charge >= 0.3 is 0 Å². The lowest BCUT2D eigenvalue weighted by Gasteiger charge is -2.07. The Kier molecular flexibility index (Phi) is 3.66. The van der Waals surface area contributed by atoms with Gasteiger partial charge < -0.3 is 0 Å². The van der Waals surface area contributed by atoms with Crippen molar-refractivity contribution in [3.05, 3.63) is 84.7 Å². The molecular weight excluding hydrogens is 332 g/mol. The Bertz CT molecular complexity index is 1160. The molecule has 2 aromatic carbocycles. The van der Waals surface area contributed by atoms with Crippen molar-refractivity contribution in [2.45, 2.75) is 11.8 Å². The van der Waals surface area contributed by atoms with Crippen LogP contribution in [-0.4, -0.2) is 17.4 Å². The summed E-state index contributed by atoms with van der Waals surface area (Å²) < 4.78 is 27.5. The molecule has 25 heavy (non-hydrogen) atoms. The van der Waals surface area contributed by atoms with Gasteiger partial charge in [0.25, 0.3) is 10.0 Å². The van der Waals surface area contributed by atoms with Crippen molar-refractivity contribution in [3.63, 3.8) is 0 Å². The predicted molar refractivity (Wildman–Crippen MR) is 98.9 cm³/mol. The maximum atomic E-state index is 13.1. The Morgan fingerprint density at radius 3 is 2.40 bits per heavy atom. The van der Waals surface area contributed by atoms with E-state index in [1.54, 1.807) is 42.7 Å². The number of pyridine rings is 1. The van der Waals surface area contributed by atoms with Crippen LogP contribution >= 0.6 is 0 Å². The van der Waals surface area contributed by atoms with Crippen LogP contribution in [-0.2, 0) is 10.0 Å². The molecule has 124 valence electrons. The molecule has 0 aliphatic heterocycles. The predicted octanol–water partition coefficient (Wildman–Crippen LogP) is 4.25. The molecule has 0 unspecified atom stereocenters. The Labute approximate surface area is 146 Å². The number of hydrogen-bond acceptors (Lipinski definition) is 3. The van der Waals surface area contributed by atoms with Crippen LogP contribution < -0.4 is 0 Å². The fraction of sp³-hybridized carbons (Fsp3) is 0.0500. The Morgan fingerprint density at radius 1 is 0.920 bits per heavy atom. The molecule has 0 saturated heterocycles. The number of hydrogen-bond donors (Lipinski definition) is 0. The highest BCUT2D eigenvalue weighted by Crippen LogP contribution is 2.32. The van der Waals surface area contributed by atoms with Gasteiger partial charge in [-0.1, -0.05) is 36.4 Å². The minimum Gasteiger partial charge on any atom is -0.256 e. The van der Waals surface area contributed by atoms with Crippen LogP contribution in [0.5, 0.6) is 0 Å². The maximum absolute atomic E-state index is 13.1. The number of aromatic nitrogens is 2. The summed E-state index contributed by atoms with van der Waals surface area (Å²) in [6.45, 7) is 1.99. The van der Waals surface area contributed by atoms with E-state index in [1.165, 1.54) is 3.97 Å². The Hall–Kier alpha value is -2.92. The first-order chi connectivity index (χ1) is 12.1. The molecule has 4 nitrogen and oxygen atoms in total. The van der Waals surface area contributed by atoms with E-state index < -0.39 is 10.0 Å². The van der Waals surface area contributed by atoms with E-state index in [-0.39, 0.29) is 4.90 Å². The van der Waals surface area contributed by atoms with Crippen LogP contribution in [0.15, 0.2) is 84.0 Å². The molecule has 5 heteroatoms. The minimum atomic E-state index is -3.67. The first-order valence-corrected chi connectivity index (χ1v) is 9.35. The lowest BCUT2D eigenvalue weighted by molar-refractivity contribution is 0.589. The van der Waals surface area contributed by atoms with Gasteiger partial charge in [0.2, 0.25) is 0 Å². The van der Waals surface area contributed by atoms with E-state index in [0.29, 0.717) is 5.52 Å². The summed E-state index contributed by atoms with van der Waals surface area (Å²) in [5.74, 6) is 0. The van der Waals surface area contributed by atoms with Crippen LogP contribution in [0.4, 0.5) is 0 Å². The van der Waals surface area contributed by atoms with E-state index in [0.717, 1.165) is 22.2 Å². The third-order valence-electron chi connectivity index (χ3n) is 4.17. The molecule has 0 atom stereocenters. The number of nitrogens with zero attached hydrogens (tertiary/aromatic N) is 2. The number of para-hydroxylation sites is 1. The van der Waals surface area contributed by atoms with Crippen LogP contribution in [0.2, 0.25) is 0 Å². The van der Waals surface area contributed by atoms with Gasteiger partial charge in [-0.05, 0) is 42.8 Å². The molecule has 0 aliphatic carbocycles. The summed E-state index contributed by atoms with van der Waals surface area (Å²) in [7, 11) is -3.67. The van der Waals surface area contributed by atoms with Gasteiger partial charge in [-0.15, -0.1) is 0 Å². The molecule has 0 bridgehead atoms. The summed E-state index contributed by atoms with van der Waals surface area (Å²) in [5, 5.41) is 0.861. The average molecular weight is 348 g/mol. The molecule has 2 heterocycles. The first kappa shape index (κ1) is 15.6. The summed E-state index contributed by atoms with van der Waals surface area (Å²) in [4.78, 5) is 4.68. The monoisotopic (exact) mass is 348 g/mol. The van der Waals surface area contributed by atoms with Crippen LogP contribution in [0, 0.1) is 6.92 Å². The van der Waals surface area contributed by atoms with E-state index >= 15 is 0 Å². The fourth-order valence-electron chi connectivity index (χ4n) is 2.94. The third kappa shape index (κ3) is 2.62. The Morgan fingerprint density at radius 2 is 1.64 bits per heavy atom. The lowest BCUT2D eigenvalue weighted by atomic mass is 10.1. The van der Waals surface area contributed by atoms with E-state index in [2.05, 4.69) is 4.98 Å². The second-order valence-electron chi connectivity index (χ2n) is 5.89. The molecule has 2 aromatic heterocycles. The smallest absolute Gasteiger partial charge is 0.256 e. The number of aryl methyl sites for hydroxylation is 1. The first-order valence-electron chi connectivity index (χ1n) is 7.91. The van der Waals surface area contributed by atoms with E-state index in [1.807, 2.05) is 43.3 Å². The van der Waals surface area contributed by atoms with Gasteiger partial charge in [0.1, 0.15) is 0 Å². The van der Waals surface area contributed by atoms with Crippen molar-refractivity contribution >= 4 is 20.9 Å². The van der Waals surface area contributed by atoms with Gasteiger partial charge in [-0.3, -0.25) is 4.98 Å². The van der Waals surface area contributed by atoms with Crippen molar-refractivity contribution in [3.8, 4) is 11.3 Å². The fourth-order valence-corrected chi connectivity index (χ4v) is 4.33. The molecule has 0 amide bonds. The second-order valence-corrected chi connectivity index (χ2v) is 7.71. The summed E-state index contributed by atoms with van der Waals surface area (Å²) in [6.07, 6.45) is 3.40. The van der Waals surface area contributed by atoms with Gasteiger partial charge in [0.05, 0.1) is 16.1 Å². The lowest BCUT2D eigenvalue weighted by Crippen LogP contribution is -2.11. The summed E-state index contributed by atoms with van der Waals surface area (Å²) >= 11 is 0. The van der Waals surface area contributed by atoms with E-state index in [9.17, 15) is 8.42 Å². The zero-order valence-electron chi connectivity index (χ0n) is 13.6. The van der Waals surface area contributed by atoms with E-state index in [4.69, 9.17) is 0 Å². The zero-order chi connectivity index (χ0) is 17.4. The summed E-state index contributed by atoms with van der Waals surface area (Å²) in [6, 6.07) is 19.8. The average Bonchev–Trinajstić information content (AvgIpc) is 3.03. The highest BCUT2D eigenvalue weighted by molar-refractivity contribution is 7.90. The quantitative estimate of drug-likeness (QED) is 0.556. The molecule has 4 aromatic rings. The zero-order valence-corrected chi connectivity index (χ0v) is 14.4.